The third-order valence-electron chi connectivity index (χ3n) is 2.61. The number of imidazole rings is 1. The Morgan fingerprint density at radius 1 is 1.62 bits per heavy atom. The molecule has 0 unspecified atom stereocenters. The van der Waals surface area contributed by atoms with Gasteiger partial charge in [-0.15, -0.1) is 0 Å². The first-order chi connectivity index (χ1) is 7.79. The zero-order chi connectivity index (χ0) is 11.4. The van der Waals surface area contributed by atoms with Gasteiger partial charge >= 0.3 is 0 Å². The summed E-state index contributed by atoms with van der Waals surface area (Å²) >= 11 is 0. The largest absolute Gasteiger partial charge is 0.352 e. The maximum absolute atomic E-state index is 11.6. The Balaban J connectivity index is 1.86. The molecule has 2 rings (SSSR count). The van der Waals surface area contributed by atoms with E-state index in [0.29, 0.717) is 12.6 Å². The number of nitrogens with zero attached hydrogens (tertiary/aromatic N) is 2. The van der Waals surface area contributed by atoms with Crippen LogP contribution in [0.2, 0.25) is 0 Å². The molecule has 0 bridgehead atoms. The minimum absolute atomic E-state index is 0.0817. The van der Waals surface area contributed by atoms with Gasteiger partial charge in [0.25, 0.3) is 0 Å². The van der Waals surface area contributed by atoms with E-state index in [4.69, 9.17) is 0 Å². The number of nitrogens with one attached hydrogen (secondary N) is 2. The zero-order valence-electron chi connectivity index (χ0n) is 9.57. The van der Waals surface area contributed by atoms with Crippen LogP contribution in [0, 0.1) is 0 Å². The van der Waals surface area contributed by atoms with Crippen LogP contribution in [-0.4, -0.2) is 28.0 Å². The highest BCUT2D eigenvalue weighted by Gasteiger charge is 2.23. The topological polar surface area (TPSA) is 59.0 Å². The van der Waals surface area contributed by atoms with Crippen LogP contribution in [0.15, 0.2) is 12.5 Å². The van der Waals surface area contributed by atoms with E-state index in [-0.39, 0.29) is 5.91 Å². The number of carbonyl (C=O) groups is 1. The molecule has 1 aromatic rings. The van der Waals surface area contributed by atoms with Crippen LogP contribution in [0.1, 0.15) is 25.5 Å². The van der Waals surface area contributed by atoms with Gasteiger partial charge in [-0.25, -0.2) is 4.98 Å². The molecule has 0 aromatic carbocycles. The molecule has 1 aromatic heterocycles. The zero-order valence-corrected chi connectivity index (χ0v) is 9.57. The van der Waals surface area contributed by atoms with Crippen LogP contribution in [0.5, 0.6) is 0 Å². The van der Waals surface area contributed by atoms with Crippen LogP contribution in [-0.2, 0) is 17.9 Å². The molecule has 1 fully saturated rings. The van der Waals surface area contributed by atoms with Gasteiger partial charge in [0.05, 0.1) is 12.0 Å². The van der Waals surface area contributed by atoms with Gasteiger partial charge < -0.3 is 15.2 Å². The summed E-state index contributed by atoms with van der Waals surface area (Å²) in [7, 11) is 0. The Morgan fingerprint density at radius 2 is 2.44 bits per heavy atom. The lowest BCUT2D eigenvalue weighted by Gasteiger charge is -2.08. The van der Waals surface area contributed by atoms with Gasteiger partial charge in [0.1, 0.15) is 6.54 Å². The maximum Gasteiger partial charge on any atom is 0.240 e. The fourth-order valence-corrected chi connectivity index (χ4v) is 1.55. The Kier molecular flexibility index (Phi) is 3.56. The van der Waals surface area contributed by atoms with Crippen molar-refractivity contribution in [2.45, 2.75) is 38.9 Å². The minimum atomic E-state index is 0.0817. The molecule has 1 heterocycles. The summed E-state index contributed by atoms with van der Waals surface area (Å²) in [5, 5.41) is 6.19. The number of hydrogen-bond acceptors (Lipinski definition) is 3. The highest BCUT2D eigenvalue weighted by Crippen LogP contribution is 2.18. The quantitative estimate of drug-likeness (QED) is 0.726. The fourth-order valence-electron chi connectivity index (χ4n) is 1.55. The molecule has 1 aliphatic carbocycles. The van der Waals surface area contributed by atoms with Crippen molar-refractivity contribution >= 4 is 5.91 Å². The molecule has 0 spiro atoms. The normalized spacial score (nSPS) is 15.1. The molecule has 0 aliphatic heterocycles. The third kappa shape index (κ3) is 3.06. The molecule has 5 heteroatoms. The van der Waals surface area contributed by atoms with Crippen molar-refractivity contribution in [1.82, 2.24) is 20.2 Å². The summed E-state index contributed by atoms with van der Waals surface area (Å²) in [5.74, 6) is 0.0817. The average molecular weight is 222 g/mol. The van der Waals surface area contributed by atoms with Gasteiger partial charge in [-0.2, -0.15) is 0 Å². The van der Waals surface area contributed by atoms with Gasteiger partial charge in [-0.05, 0) is 19.4 Å². The second kappa shape index (κ2) is 5.12. The number of hydrogen-bond donors (Lipinski definition) is 2. The summed E-state index contributed by atoms with van der Waals surface area (Å²) in [4.78, 5) is 15.7. The second-order valence-electron chi connectivity index (χ2n) is 4.13. The van der Waals surface area contributed by atoms with Gasteiger partial charge in [-0.1, -0.05) is 6.92 Å². The van der Waals surface area contributed by atoms with E-state index in [0.717, 1.165) is 31.6 Å². The monoisotopic (exact) mass is 222 g/mol. The molecule has 88 valence electrons. The fraction of sp³-hybridized carbons (Fsp3) is 0.636. The molecule has 0 radical (unpaired) electrons. The van der Waals surface area contributed by atoms with E-state index in [1.54, 1.807) is 12.5 Å². The first-order valence-electron chi connectivity index (χ1n) is 5.78. The van der Waals surface area contributed by atoms with Crippen LogP contribution in [0.3, 0.4) is 0 Å². The van der Waals surface area contributed by atoms with Gasteiger partial charge in [0.15, 0.2) is 0 Å². The van der Waals surface area contributed by atoms with Crippen molar-refractivity contribution in [1.29, 1.82) is 0 Å². The van der Waals surface area contributed by atoms with Crippen molar-refractivity contribution in [2.24, 2.45) is 0 Å². The molecule has 1 aliphatic rings. The molecule has 2 N–H and O–H groups in total. The maximum atomic E-state index is 11.6. The van der Waals surface area contributed by atoms with Crippen LogP contribution in [0.4, 0.5) is 0 Å². The van der Waals surface area contributed by atoms with E-state index in [1.807, 2.05) is 4.57 Å². The molecule has 0 saturated heterocycles. The van der Waals surface area contributed by atoms with Crippen molar-refractivity contribution in [3.05, 3.63) is 18.2 Å². The standard InChI is InChI=1S/C11H18N4O/c1-2-12-5-10-6-13-8-15(10)7-11(16)14-9-3-4-9/h6,8-9,12H,2-5,7H2,1H3,(H,14,16). The summed E-state index contributed by atoms with van der Waals surface area (Å²) in [6.07, 6.45) is 5.76. The Hall–Kier alpha value is -1.36. The van der Waals surface area contributed by atoms with Gasteiger partial charge in [-0.3, -0.25) is 4.79 Å². The first-order valence-corrected chi connectivity index (χ1v) is 5.78. The van der Waals surface area contributed by atoms with Gasteiger partial charge in [0.2, 0.25) is 5.91 Å². The molecule has 16 heavy (non-hydrogen) atoms. The predicted molar refractivity (Wildman–Crippen MR) is 60.8 cm³/mol. The Labute approximate surface area is 95.2 Å². The molecule has 1 saturated carbocycles. The summed E-state index contributed by atoms with van der Waals surface area (Å²) in [6, 6.07) is 0.424. The summed E-state index contributed by atoms with van der Waals surface area (Å²) in [6.45, 7) is 4.10. The van der Waals surface area contributed by atoms with Crippen molar-refractivity contribution < 1.29 is 4.79 Å². The van der Waals surface area contributed by atoms with Gasteiger partial charge in [0, 0.05) is 18.8 Å². The number of aromatic nitrogens is 2. The minimum Gasteiger partial charge on any atom is -0.352 e. The molecular weight excluding hydrogens is 204 g/mol. The molecule has 0 atom stereocenters. The number of rotatable bonds is 6. The molecular formula is C11H18N4O. The van der Waals surface area contributed by atoms with E-state index in [2.05, 4.69) is 22.5 Å². The SMILES string of the molecule is CCNCc1cncn1CC(=O)NC1CC1. The van der Waals surface area contributed by atoms with Crippen molar-refractivity contribution in [2.75, 3.05) is 6.54 Å². The molecule has 1 amide bonds. The second-order valence-corrected chi connectivity index (χ2v) is 4.13. The Morgan fingerprint density at radius 3 is 3.12 bits per heavy atom. The van der Waals surface area contributed by atoms with Crippen LogP contribution >= 0.6 is 0 Å². The number of amides is 1. The highest BCUT2D eigenvalue weighted by atomic mass is 16.2. The predicted octanol–water partition coefficient (Wildman–Crippen LogP) is 0.271. The van der Waals surface area contributed by atoms with Crippen molar-refractivity contribution in [3.63, 3.8) is 0 Å². The van der Waals surface area contributed by atoms with Crippen molar-refractivity contribution in [3.8, 4) is 0 Å². The van der Waals surface area contributed by atoms with E-state index in [1.165, 1.54) is 0 Å². The third-order valence-corrected chi connectivity index (χ3v) is 2.61. The first kappa shape index (κ1) is 11.1. The summed E-state index contributed by atoms with van der Waals surface area (Å²) < 4.78 is 1.89. The molecule has 5 nitrogen and oxygen atoms in total. The van der Waals surface area contributed by atoms with E-state index < -0.39 is 0 Å². The Bertz CT molecular complexity index is 357. The highest BCUT2D eigenvalue weighted by molar-refractivity contribution is 5.76. The average Bonchev–Trinajstić information content (AvgIpc) is 2.95. The smallest absolute Gasteiger partial charge is 0.240 e. The van der Waals surface area contributed by atoms with E-state index >= 15 is 0 Å². The van der Waals surface area contributed by atoms with E-state index in [9.17, 15) is 4.79 Å². The lowest BCUT2D eigenvalue weighted by Crippen LogP contribution is -2.30. The lowest BCUT2D eigenvalue weighted by molar-refractivity contribution is -0.121. The lowest BCUT2D eigenvalue weighted by atomic mass is 10.4. The van der Waals surface area contributed by atoms with Crippen LogP contribution < -0.4 is 10.6 Å². The number of carbonyl (C=O) groups excluding carboxylic acids is 1. The van der Waals surface area contributed by atoms with Crippen LogP contribution in [0.25, 0.3) is 0 Å². The summed E-state index contributed by atoms with van der Waals surface area (Å²) in [5.41, 5.74) is 1.05.